The second-order valence-electron chi connectivity index (χ2n) is 6.90. The number of nitrogens with one attached hydrogen (secondary N) is 2. The molecule has 2 aromatic rings. The second kappa shape index (κ2) is 9.90. The third-order valence-electron chi connectivity index (χ3n) is 4.93. The van der Waals surface area contributed by atoms with E-state index < -0.39 is 0 Å². The van der Waals surface area contributed by atoms with Crippen molar-refractivity contribution in [1.29, 1.82) is 0 Å². The topological polar surface area (TPSA) is 96.7 Å². The predicted molar refractivity (Wildman–Crippen MR) is 111 cm³/mol. The number of carbonyl (C=O) groups is 1. The molecule has 0 radical (unpaired) electrons. The summed E-state index contributed by atoms with van der Waals surface area (Å²) in [5.74, 6) is 2.50. The van der Waals surface area contributed by atoms with Gasteiger partial charge in [0.1, 0.15) is 11.6 Å². The molecule has 0 atom stereocenters. The lowest BCUT2D eigenvalue weighted by molar-refractivity contribution is 0.0963. The van der Waals surface area contributed by atoms with Gasteiger partial charge in [-0.05, 0) is 38.3 Å². The Morgan fingerprint density at radius 2 is 2.10 bits per heavy atom. The first-order valence-corrected chi connectivity index (χ1v) is 9.94. The molecule has 0 saturated carbocycles. The lowest BCUT2D eigenvalue weighted by Gasteiger charge is -2.32. The molecule has 0 bridgehead atoms. The molecular weight excluding hydrogens is 370 g/mol. The Bertz CT molecular complexity index is 824. The normalized spacial score (nSPS) is 15.3. The van der Waals surface area contributed by atoms with E-state index >= 15 is 0 Å². The van der Waals surface area contributed by atoms with Gasteiger partial charge < -0.3 is 20.3 Å². The standard InChI is InChI=1S/C20H29N7O2/c1-4-29-20(28)26-10-7-17(8-11-26)25-19(21-3)24-14-16-5-6-18(23-13-16)27-12-9-22-15(27)2/h5-6,9,12-13,17H,4,7-8,10-11,14H2,1-3H3,(H2,21,24,25). The summed E-state index contributed by atoms with van der Waals surface area (Å²) >= 11 is 0. The third-order valence-corrected chi connectivity index (χ3v) is 4.93. The molecule has 3 rings (SSSR count). The molecular formula is C20H29N7O2. The summed E-state index contributed by atoms with van der Waals surface area (Å²) in [6.45, 7) is 6.18. The number of nitrogens with zero attached hydrogens (tertiary/aromatic N) is 5. The molecule has 156 valence electrons. The van der Waals surface area contributed by atoms with Crippen LogP contribution in [0.25, 0.3) is 5.82 Å². The molecule has 1 aliphatic rings. The molecule has 9 nitrogen and oxygen atoms in total. The maximum Gasteiger partial charge on any atom is 0.409 e. The fourth-order valence-electron chi connectivity index (χ4n) is 3.28. The number of hydrogen-bond donors (Lipinski definition) is 2. The van der Waals surface area contributed by atoms with Crippen molar-refractivity contribution in [2.45, 2.75) is 39.3 Å². The van der Waals surface area contributed by atoms with Crippen molar-refractivity contribution in [2.75, 3.05) is 26.7 Å². The van der Waals surface area contributed by atoms with Gasteiger partial charge in [0, 0.05) is 51.3 Å². The lowest BCUT2D eigenvalue weighted by atomic mass is 10.1. The van der Waals surface area contributed by atoms with Crippen LogP contribution >= 0.6 is 0 Å². The minimum atomic E-state index is -0.227. The number of amides is 1. The van der Waals surface area contributed by atoms with Crippen molar-refractivity contribution in [3.05, 3.63) is 42.1 Å². The van der Waals surface area contributed by atoms with Crippen molar-refractivity contribution in [3.8, 4) is 5.82 Å². The number of likely N-dealkylation sites (tertiary alicyclic amines) is 1. The van der Waals surface area contributed by atoms with Gasteiger partial charge >= 0.3 is 6.09 Å². The number of hydrogen-bond acceptors (Lipinski definition) is 5. The molecule has 2 aromatic heterocycles. The average molecular weight is 399 g/mol. The summed E-state index contributed by atoms with van der Waals surface area (Å²) in [5.41, 5.74) is 1.06. The Hall–Kier alpha value is -3.10. The summed E-state index contributed by atoms with van der Waals surface area (Å²) < 4.78 is 7.01. The van der Waals surface area contributed by atoms with Crippen LogP contribution in [0.3, 0.4) is 0 Å². The highest BCUT2D eigenvalue weighted by Gasteiger charge is 2.24. The first kappa shape index (κ1) is 20.6. The minimum absolute atomic E-state index is 0.227. The Kier molecular flexibility index (Phi) is 7.04. The van der Waals surface area contributed by atoms with Gasteiger partial charge in [0.2, 0.25) is 0 Å². The van der Waals surface area contributed by atoms with E-state index in [0.717, 1.165) is 36.0 Å². The van der Waals surface area contributed by atoms with Crippen molar-refractivity contribution in [1.82, 2.24) is 30.1 Å². The number of aromatic nitrogens is 3. The molecule has 3 heterocycles. The molecule has 0 spiro atoms. The number of guanidine groups is 1. The van der Waals surface area contributed by atoms with Crippen LogP contribution in [0.5, 0.6) is 0 Å². The first-order valence-electron chi connectivity index (χ1n) is 9.94. The summed E-state index contributed by atoms with van der Waals surface area (Å²) in [6, 6.07) is 4.30. The van der Waals surface area contributed by atoms with E-state index in [4.69, 9.17) is 4.74 Å². The molecule has 1 saturated heterocycles. The maximum atomic E-state index is 11.8. The van der Waals surface area contributed by atoms with Gasteiger partial charge in [0.25, 0.3) is 0 Å². The highest BCUT2D eigenvalue weighted by Crippen LogP contribution is 2.12. The molecule has 0 unspecified atom stereocenters. The average Bonchev–Trinajstić information content (AvgIpc) is 3.18. The highest BCUT2D eigenvalue weighted by atomic mass is 16.6. The number of carbonyl (C=O) groups excluding carboxylic acids is 1. The van der Waals surface area contributed by atoms with Crippen LogP contribution in [-0.2, 0) is 11.3 Å². The molecule has 0 aromatic carbocycles. The van der Waals surface area contributed by atoms with E-state index in [1.165, 1.54) is 0 Å². The predicted octanol–water partition coefficient (Wildman–Crippen LogP) is 1.86. The number of pyridine rings is 1. The number of aliphatic imine (C=N–C) groups is 1. The zero-order chi connectivity index (χ0) is 20.6. The van der Waals surface area contributed by atoms with Crippen LogP contribution in [0.2, 0.25) is 0 Å². The van der Waals surface area contributed by atoms with Gasteiger partial charge in [-0.2, -0.15) is 0 Å². The summed E-state index contributed by atoms with van der Waals surface area (Å²) in [6.07, 6.45) is 7.01. The Balaban J connectivity index is 1.46. The Morgan fingerprint density at radius 1 is 1.31 bits per heavy atom. The number of aryl methyl sites for hydroxylation is 1. The molecule has 1 aliphatic heterocycles. The van der Waals surface area contributed by atoms with Crippen LogP contribution in [-0.4, -0.2) is 64.3 Å². The van der Waals surface area contributed by atoms with Crippen LogP contribution in [0.4, 0.5) is 4.79 Å². The zero-order valence-corrected chi connectivity index (χ0v) is 17.3. The van der Waals surface area contributed by atoms with E-state index in [1.807, 2.05) is 42.9 Å². The third kappa shape index (κ3) is 5.46. The van der Waals surface area contributed by atoms with Crippen LogP contribution in [0, 0.1) is 6.92 Å². The fraction of sp³-hybridized carbons (Fsp3) is 0.500. The smallest absolute Gasteiger partial charge is 0.409 e. The van der Waals surface area contributed by atoms with E-state index in [9.17, 15) is 4.79 Å². The molecule has 1 fully saturated rings. The fourth-order valence-corrected chi connectivity index (χ4v) is 3.28. The summed E-state index contributed by atoms with van der Waals surface area (Å²) in [5, 5.41) is 6.76. The van der Waals surface area contributed by atoms with E-state index in [0.29, 0.717) is 26.2 Å². The van der Waals surface area contributed by atoms with Crippen molar-refractivity contribution >= 4 is 12.1 Å². The summed E-state index contributed by atoms with van der Waals surface area (Å²) in [4.78, 5) is 26.6. The molecule has 1 amide bonds. The van der Waals surface area contributed by atoms with Crippen LogP contribution in [0.1, 0.15) is 31.2 Å². The Labute approximate surface area is 171 Å². The molecule has 0 aliphatic carbocycles. The van der Waals surface area contributed by atoms with Gasteiger partial charge in [0.15, 0.2) is 5.96 Å². The van der Waals surface area contributed by atoms with Gasteiger partial charge in [-0.25, -0.2) is 14.8 Å². The largest absolute Gasteiger partial charge is 0.450 e. The summed E-state index contributed by atoms with van der Waals surface area (Å²) in [7, 11) is 1.76. The lowest BCUT2D eigenvalue weighted by Crippen LogP contribution is -2.49. The number of piperidine rings is 1. The van der Waals surface area contributed by atoms with E-state index in [-0.39, 0.29) is 12.1 Å². The van der Waals surface area contributed by atoms with E-state index in [2.05, 4.69) is 25.6 Å². The maximum absolute atomic E-state index is 11.8. The van der Waals surface area contributed by atoms with Crippen molar-refractivity contribution in [3.63, 3.8) is 0 Å². The van der Waals surface area contributed by atoms with Gasteiger partial charge in [-0.3, -0.25) is 9.56 Å². The SMILES string of the molecule is CCOC(=O)N1CCC(NC(=NC)NCc2ccc(-n3ccnc3C)nc2)CC1. The Morgan fingerprint density at radius 3 is 2.69 bits per heavy atom. The van der Waals surface area contributed by atoms with E-state index in [1.54, 1.807) is 18.1 Å². The number of imidazole rings is 1. The van der Waals surface area contributed by atoms with Gasteiger partial charge in [0.05, 0.1) is 6.61 Å². The minimum Gasteiger partial charge on any atom is -0.450 e. The van der Waals surface area contributed by atoms with Crippen LogP contribution in [0.15, 0.2) is 35.7 Å². The number of ether oxygens (including phenoxy) is 1. The van der Waals surface area contributed by atoms with Crippen molar-refractivity contribution in [2.24, 2.45) is 4.99 Å². The quantitative estimate of drug-likeness (QED) is 0.588. The van der Waals surface area contributed by atoms with Crippen molar-refractivity contribution < 1.29 is 9.53 Å². The highest BCUT2D eigenvalue weighted by molar-refractivity contribution is 5.80. The van der Waals surface area contributed by atoms with Gasteiger partial charge in [-0.1, -0.05) is 6.07 Å². The first-order chi connectivity index (χ1) is 14.1. The molecule has 29 heavy (non-hydrogen) atoms. The monoisotopic (exact) mass is 399 g/mol. The van der Waals surface area contributed by atoms with Crippen LogP contribution < -0.4 is 10.6 Å². The second-order valence-corrected chi connectivity index (χ2v) is 6.90. The zero-order valence-electron chi connectivity index (χ0n) is 17.3. The number of rotatable bonds is 5. The molecule has 2 N–H and O–H groups in total. The molecule has 9 heteroatoms. The van der Waals surface area contributed by atoms with Gasteiger partial charge in [-0.15, -0.1) is 0 Å².